The van der Waals surface area contributed by atoms with Crippen molar-refractivity contribution in [1.29, 1.82) is 0 Å². The van der Waals surface area contributed by atoms with Gasteiger partial charge in [0.25, 0.3) is 0 Å². The van der Waals surface area contributed by atoms with E-state index in [-0.39, 0.29) is 5.92 Å². The number of fused-ring (bicyclic) bond motifs is 3. The average Bonchev–Trinajstić information content (AvgIpc) is 2.90. The van der Waals surface area contributed by atoms with Crippen molar-refractivity contribution in [3.05, 3.63) is 125 Å². The molecule has 4 aromatic carbocycles. The van der Waals surface area contributed by atoms with Crippen LogP contribution in [0.25, 0.3) is 11.1 Å². The Balaban J connectivity index is 1.87. The Bertz CT molecular complexity index is 1160. The predicted octanol–water partition coefficient (Wildman–Crippen LogP) is 6.93. The van der Waals surface area contributed by atoms with Gasteiger partial charge in [-0.1, -0.05) is 96.6 Å². The second-order valence-corrected chi connectivity index (χ2v) is 7.31. The minimum absolute atomic E-state index is 0.0903. The topological polar surface area (TPSA) is 12.4 Å². The first-order valence-electron chi connectivity index (χ1n) is 9.70. The van der Waals surface area contributed by atoms with Crippen molar-refractivity contribution in [2.24, 2.45) is 4.99 Å². The van der Waals surface area contributed by atoms with Crippen LogP contribution in [-0.2, 0) is 0 Å². The monoisotopic (exact) mass is 359 g/mol. The maximum Gasteiger partial charge on any atom is 0.0712 e. The summed E-state index contributed by atoms with van der Waals surface area (Å²) in [5.41, 5.74) is 9.61. The molecule has 134 valence electrons. The Morgan fingerprint density at radius 3 is 2.11 bits per heavy atom. The number of nitrogens with zero attached hydrogens (tertiary/aromatic N) is 1. The molecule has 28 heavy (non-hydrogen) atoms. The zero-order valence-corrected chi connectivity index (χ0v) is 15.8. The molecule has 4 aromatic rings. The number of rotatable bonds is 2. The van der Waals surface area contributed by atoms with Crippen molar-refractivity contribution < 1.29 is 0 Å². The molecule has 0 unspecified atom stereocenters. The molecule has 0 aliphatic carbocycles. The Morgan fingerprint density at radius 1 is 0.643 bits per heavy atom. The van der Waals surface area contributed by atoms with E-state index in [0.29, 0.717) is 0 Å². The van der Waals surface area contributed by atoms with Crippen LogP contribution in [0.3, 0.4) is 0 Å². The SMILES string of the molecule is Cc1ccc2c(c1)-c1ccccc1[C@H](c1ccccc1)C(c1ccccc1)=N2. The summed E-state index contributed by atoms with van der Waals surface area (Å²) in [6, 6.07) is 36.6. The second kappa shape index (κ2) is 6.94. The normalized spacial score (nSPS) is 15.2. The number of aryl methyl sites for hydroxylation is 1. The van der Waals surface area contributed by atoms with E-state index in [1.54, 1.807) is 0 Å². The molecular weight excluding hydrogens is 338 g/mol. The van der Waals surface area contributed by atoms with Crippen molar-refractivity contribution in [3.63, 3.8) is 0 Å². The molecule has 0 saturated carbocycles. The van der Waals surface area contributed by atoms with Gasteiger partial charge < -0.3 is 0 Å². The van der Waals surface area contributed by atoms with Crippen LogP contribution in [-0.4, -0.2) is 5.71 Å². The molecule has 0 aromatic heterocycles. The lowest BCUT2D eigenvalue weighted by atomic mass is 9.81. The summed E-state index contributed by atoms with van der Waals surface area (Å²) in [5, 5.41) is 0. The van der Waals surface area contributed by atoms with Gasteiger partial charge in [-0.3, -0.25) is 4.99 Å². The van der Waals surface area contributed by atoms with E-state index in [0.717, 1.165) is 11.4 Å². The summed E-state index contributed by atoms with van der Waals surface area (Å²) in [5.74, 6) is 0.0903. The van der Waals surface area contributed by atoms with Crippen LogP contribution in [0.5, 0.6) is 0 Å². The Morgan fingerprint density at radius 2 is 1.32 bits per heavy atom. The first-order chi connectivity index (χ1) is 13.8. The van der Waals surface area contributed by atoms with Crippen molar-refractivity contribution in [3.8, 4) is 11.1 Å². The molecular formula is C27H21N. The molecule has 0 saturated heterocycles. The van der Waals surface area contributed by atoms with E-state index in [4.69, 9.17) is 4.99 Å². The fourth-order valence-corrected chi connectivity index (χ4v) is 4.12. The number of hydrogen-bond acceptors (Lipinski definition) is 1. The van der Waals surface area contributed by atoms with Crippen LogP contribution in [0.2, 0.25) is 0 Å². The molecule has 1 nitrogen and oxygen atoms in total. The van der Waals surface area contributed by atoms with E-state index >= 15 is 0 Å². The number of benzene rings is 4. The Labute approximate surface area is 166 Å². The highest BCUT2D eigenvalue weighted by atomic mass is 14.8. The van der Waals surface area contributed by atoms with Gasteiger partial charge in [0.1, 0.15) is 0 Å². The van der Waals surface area contributed by atoms with Crippen LogP contribution < -0.4 is 0 Å². The molecule has 1 atom stereocenters. The van der Waals surface area contributed by atoms with E-state index in [9.17, 15) is 0 Å². The van der Waals surface area contributed by atoms with Gasteiger partial charge in [0.15, 0.2) is 0 Å². The smallest absolute Gasteiger partial charge is 0.0712 e. The molecule has 1 aliphatic heterocycles. The van der Waals surface area contributed by atoms with Gasteiger partial charge in [-0.15, -0.1) is 0 Å². The predicted molar refractivity (Wildman–Crippen MR) is 118 cm³/mol. The number of hydrogen-bond donors (Lipinski definition) is 0. The summed E-state index contributed by atoms with van der Waals surface area (Å²) < 4.78 is 0. The summed E-state index contributed by atoms with van der Waals surface area (Å²) in [6.45, 7) is 2.14. The summed E-state index contributed by atoms with van der Waals surface area (Å²) in [4.78, 5) is 5.24. The van der Waals surface area contributed by atoms with Crippen molar-refractivity contribution in [2.75, 3.05) is 0 Å². The molecule has 0 radical (unpaired) electrons. The third kappa shape index (κ3) is 2.86. The third-order valence-corrected chi connectivity index (χ3v) is 5.43. The molecule has 0 amide bonds. The highest BCUT2D eigenvalue weighted by Crippen LogP contribution is 2.43. The van der Waals surface area contributed by atoms with Gasteiger partial charge in [-0.2, -0.15) is 0 Å². The van der Waals surface area contributed by atoms with Crippen LogP contribution >= 0.6 is 0 Å². The van der Waals surface area contributed by atoms with Crippen LogP contribution in [0.1, 0.15) is 28.2 Å². The standard InChI is InChI=1S/C27H21N/c1-19-16-17-25-24(18-19)22-14-8-9-15-23(22)26(20-10-4-2-5-11-20)27(28-25)21-12-6-3-7-13-21/h2-18,26H,1H3/t26-/m0/s1. The largest absolute Gasteiger partial charge is 0.251 e. The van der Waals surface area contributed by atoms with Gasteiger partial charge in [-0.25, -0.2) is 0 Å². The van der Waals surface area contributed by atoms with E-state index in [1.165, 1.54) is 33.4 Å². The third-order valence-electron chi connectivity index (χ3n) is 5.43. The first-order valence-corrected chi connectivity index (χ1v) is 9.70. The number of aliphatic imine (C=N–C) groups is 1. The molecule has 1 heterocycles. The van der Waals surface area contributed by atoms with Crippen molar-refractivity contribution >= 4 is 11.4 Å². The first kappa shape index (κ1) is 16.7. The van der Waals surface area contributed by atoms with Gasteiger partial charge >= 0.3 is 0 Å². The van der Waals surface area contributed by atoms with Crippen LogP contribution in [0, 0.1) is 6.92 Å². The maximum atomic E-state index is 5.24. The van der Waals surface area contributed by atoms with Crippen LogP contribution in [0.4, 0.5) is 5.69 Å². The minimum Gasteiger partial charge on any atom is -0.251 e. The van der Waals surface area contributed by atoms with Crippen molar-refractivity contribution in [1.82, 2.24) is 0 Å². The lowest BCUT2D eigenvalue weighted by molar-refractivity contribution is 1.08. The molecule has 0 spiro atoms. The Hall–Kier alpha value is -3.45. The van der Waals surface area contributed by atoms with Gasteiger partial charge in [0.05, 0.1) is 17.3 Å². The molecule has 5 rings (SSSR count). The minimum atomic E-state index is 0.0903. The highest BCUT2D eigenvalue weighted by Gasteiger charge is 2.28. The highest BCUT2D eigenvalue weighted by molar-refractivity contribution is 6.11. The van der Waals surface area contributed by atoms with Crippen molar-refractivity contribution in [2.45, 2.75) is 12.8 Å². The molecule has 0 N–H and O–H groups in total. The Kier molecular flexibility index (Phi) is 4.14. The lowest BCUT2D eigenvalue weighted by Gasteiger charge is -2.21. The van der Waals surface area contributed by atoms with E-state index in [1.807, 2.05) is 0 Å². The van der Waals surface area contributed by atoms with Gasteiger partial charge in [0, 0.05) is 5.56 Å². The van der Waals surface area contributed by atoms with E-state index in [2.05, 4.69) is 110 Å². The lowest BCUT2D eigenvalue weighted by Crippen LogP contribution is -2.15. The second-order valence-electron chi connectivity index (χ2n) is 7.31. The zero-order chi connectivity index (χ0) is 18.9. The van der Waals surface area contributed by atoms with Gasteiger partial charge in [-0.05, 0) is 41.3 Å². The molecule has 1 heteroatoms. The summed E-state index contributed by atoms with van der Waals surface area (Å²) in [7, 11) is 0. The molecule has 1 aliphatic rings. The fraction of sp³-hybridized carbons (Fsp3) is 0.0741. The molecule has 0 fully saturated rings. The van der Waals surface area contributed by atoms with Crippen LogP contribution in [0.15, 0.2) is 108 Å². The average molecular weight is 359 g/mol. The van der Waals surface area contributed by atoms with E-state index < -0.39 is 0 Å². The maximum absolute atomic E-state index is 5.24. The fourth-order valence-electron chi connectivity index (χ4n) is 4.12. The molecule has 0 bridgehead atoms. The quantitative estimate of drug-likeness (QED) is 0.368. The summed E-state index contributed by atoms with van der Waals surface area (Å²) >= 11 is 0. The zero-order valence-electron chi connectivity index (χ0n) is 15.8. The van der Waals surface area contributed by atoms with Gasteiger partial charge in [0.2, 0.25) is 0 Å². The summed E-state index contributed by atoms with van der Waals surface area (Å²) in [6.07, 6.45) is 0.